The van der Waals surface area contributed by atoms with Crippen LogP contribution in [0.2, 0.25) is 0 Å². The summed E-state index contributed by atoms with van der Waals surface area (Å²) in [7, 11) is 0. The zero-order chi connectivity index (χ0) is 24.9. The molecule has 0 saturated heterocycles. The van der Waals surface area contributed by atoms with Gasteiger partial charge in [-0.25, -0.2) is 0 Å². The number of carbonyl (C=O) groups excluding carboxylic acids is 1. The van der Waals surface area contributed by atoms with Gasteiger partial charge >= 0.3 is 5.97 Å². The lowest BCUT2D eigenvalue weighted by atomic mass is 9.99. The summed E-state index contributed by atoms with van der Waals surface area (Å²) in [6.45, 7) is 7.06. The maximum atomic E-state index is 13.8. The number of nitrogens with zero attached hydrogens (tertiary/aromatic N) is 1. The van der Waals surface area contributed by atoms with Crippen molar-refractivity contribution in [2.75, 3.05) is 11.5 Å². The first-order valence-electron chi connectivity index (χ1n) is 12.4. The number of unbranched alkanes of at least 4 members (excludes halogenated alkanes) is 3. The highest BCUT2D eigenvalue weighted by Crippen LogP contribution is 2.46. The molecule has 0 saturated carbocycles. The minimum absolute atomic E-state index is 0.0530. The van der Waals surface area contributed by atoms with Gasteiger partial charge < -0.3 is 19.5 Å². The van der Waals surface area contributed by atoms with Crippen molar-refractivity contribution in [3.63, 3.8) is 0 Å². The van der Waals surface area contributed by atoms with E-state index in [1.54, 1.807) is 29.2 Å². The number of fused-ring (bicyclic) bond motifs is 2. The fourth-order valence-electron chi connectivity index (χ4n) is 4.57. The molecule has 1 amide bonds. The summed E-state index contributed by atoms with van der Waals surface area (Å²) in [4.78, 5) is 26.5. The Kier molecular flexibility index (Phi) is 7.59. The number of hydrogen-bond donors (Lipinski definition) is 1. The van der Waals surface area contributed by atoms with Crippen LogP contribution in [0.15, 0.2) is 48.5 Å². The molecule has 4 rings (SSSR count). The van der Waals surface area contributed by atoms with Crippen LogP contribution in [-0.2, 0) is 17.8 Å². The second-order valence-electron chi connectivity index (χ2n) is 9.26. The number of carbonyl (C=O) groups is 2. The molecule has 184 valence electrons. The van der Waals surface area contributed by atoms with Gasteiger partial charge in [0.1, 0.15) is 11.5 Å². The van der Waals surface area contributed by atoms with Crippen molar-refractivity contribution < 1.29 is 24.2 Å². The van der Waals surface area contributed by atoms with Crippen LogP contribution in [-0.4, -0.2) is 29.7 Å². The van der Waals surface area contributed by atoms with Crippen molar-refractivity contribution in [1.82, 2.24) is 0 Å². The van der Waals surface area contributed by atoms with E-state index in [0.29, 0.717) is 35.7 Å². The molecule has 1 N–H and O–H groups in total. The average Bonchev–Trinajstić information content (AvgIpc) is 3.17. The van der Waals surface area contributed by atoms with E-state index in [1.807, 2.05) is 38.1 Å². The summed E-state index contributed by atoms with van der Waals surface area (Å²) in [6, 6.07) is 15.1. The summed E-state index contributed by atoms with van der Waals surface area (Å²) in [5.41, 5.74) is 2.80. The van der Waals surface area contributed by atoms with E-state index in [0.717, 1.165) is 47.8 Å². The molecule has 0 aliphatic carbocycles. The van der Waals surface area contributed by atoms with Gasteiger partial charge in [0.2, 0.25) is 0 Å². The van der Waals surface area contributed by atoms with Gasteiger partial charge in [-0.2, -0.15) is 0 Å². The van der Waals surface area contributed by atoms with Crippen LogP contribution in [0.1, 0.15) is 67.9 Å². The molecule has 0 fully saturated rings. The van der Waals surface area contributed by atoms with Crippen LogP contribution in [0, 0.1) is 0 Å². The number of aliphatic carboxylic acids is 1. The molecule has 0 spiro atoms. The number of ether oxygens (including phenoxy) is 2. The van der Waals surface area contributed by atoms with E-state index >= 15 is 0 Å². The quantitative estimate of drug-likeness (QED) is 0.326. The van der Waals surface area contributed by atoms with Gasteiger partial charge in [0.25, 0.3) is 5.91 Å². The van der Waals surface area contributed by atoms with Crippen molar-refractivity contribution in [2.24, 2.45) is 0 Å². The van der Waals surface area contributed by atoms with Gasteiger partial charge in [0, 0.05) is 22.0 Å². The number of rotatable bonds is 11. The van der Waals surface area contributed by atoms with Crippen LogP contribution in [0.5, 0.6) is 11.5 Å². The first-order valence-corrected chi connectivity index (χ1v) is 12.4. The summed E-state index contributed by atoms with van der Waals surface area (Å²) in [6.07, 6.45) is 4.23. The van der Waals surface area contributed by atoms with Gasteiger partial charge in [0.05, 0.1) is 31.2 Å². The maximum absolute atomic E-state index is 13.8. The van der Waals surface area contributed by atoms with Crippen molar-refractivity contribution in [2.45, 2.75) is 65.5 Å². The second kappa shape index (κ2) is 10.8. The third kappa shape index (κ3) is 5.26. The summed E-state index contributed by atoms with van der Waals surface area (Å²) in [5, 5.41) is 10.9. The van der Waals surface area contributed by atoms with E-state index in [4.69, 9.17) is 14.6 Å². The Labute approximate surface area is 206 Å². The Hall–Kier alpha value is -3.54. The predicted octanol–water partition coefficient (Wildman–Crippen LogP) is 6.37. The predicted molar refractivity (Wildman–Crippen MR) is 138 cm³/mol. The second-order valence-corrected chi connectivity index (χ2v) is 9.26. The van der Waals surface area contributed by atoms with Gasteiger partial charge in [-0.1, -0.05) is 62.6 Å². The molecule has 3 aromatic carbocycles. The van der Waals surface area contributed by atoms with Gasteiger partial charge in [-0.05, 0) is 38.0 Å². The number of anilines is 1. The molecule has 0 bridgehead atoms. The Morgan fingerprint density at radius 1 is 1.00 bits per heavy atom. The lowest BCUT2D eigenvalue weighted by Gasteiger charge is -2.19. The molecule has 1 aliphatic heterocycles. The minimum atomic E-state index is -0.884. The first kappa shape index (κ1) is 24.6. The van der Waals surface area contributed by atoms with E-state index in [9.17, 15) is 9.59 Å². The normalized spacial score (nSPS) is 12.9. The van der Waals surface area contributed by atoms with Crippen LogP contribution in [0.3, 0.4) is 0 Å². The van der Waals surface area contributed by atoms with Crippen molar-refractivity contribution in [3.8, 4) is 11.5 Å². The van der Waals surface area contributed by atoms with Crippen molar-refractivity contribution >= 4 is 28.3 Å². The standard InChI is InChI=1S/C29H33NO5/c1-4-5-6-9-16-34-28-23-11-8-7-10-22(23)27(35-19(2)3)24-18-30(29(33)26(24)28)21-14-12-20(13-15-21)17-25(31)32/h7-8,10-15,19H,4-6,9,16-18H2,1-3H3,(H,31,32). The van der Waals surface area contributed by atoms with Gasteiger partial charge in [-0.3, -0.25) is 9.59 Å². The number of hydrogen-bond acceptors (Lipinski definition) is 4. The first-order chi connectivity index (χ1) is 16.9. The summed E-state index contributed by atoms with van der Waals surface area (Å²) >= 11 is 0. The largest absolute Gasteiger partial charge is 0.492 e. The molecule has 0 unspecified atom stereocenters. The monoisotopic (exact) mass is 475 g/mol. The zero-order valence-corrected chi connectivity index (χ0v) is 20.7. The number of benzene rings is 3. The molecule has 6 nitrogen and oxygen atoms in total. The Balaban J connectivity index is 1.76. The molecule has 6 heteroatoms. The summed E-state index contributed by atoms with van der Waals surface area (Å²) in [5.74, 6) is 0.333. The topological polar surface area (TPSA) is 76.1 Å². The van der Waals surface area contributed by atoms with Gasteiger partial charge in [0.15, 0.2) is 0 Å². The molecule has 0 atom stereocenters. The maximum Gasteiger partial charge on any atom is 0.307 e. The smallest absolute Gasteiger partial charge is 0.307 e. The highest BCUT2D eigenvalue weighted by atomic mass is 16.5. The van der Waals surface area contributed by atoms with Crippen LogP contribution >= 0.6 is 0 Å². The fraction of sp³-hybridized carbons (Fsp3) is 0.379. The molecule has 3 aromatic rings. The van der Waals surface area contributed by atoms with E-state index in [2.05, 4.69) is 6.92 Å². The highest BCUT2D eigenvalue weighted by molar-refractivity contribution is 6.16. The fourth-order valence-corrected chi connectivity index (χ4v) is 4.57. The SMILES string of the molecule is CCCCCCOc1c2c(c(OC(C)C)c3ccccc13)CN(c1ccc(CC(=O)O)cc1)C2=O. The van der Waals surface area contributed by atoms with E-state index in [-0.39, 0.29) is 18.4 Å². The minimum Gasteiger partial charge on any atom is -0.492 e. The van der Waals surface area contributed by atoms with Crippen molar-refractivity contribution in [1.29, 1.82) is 0 Å². The highest BCUT2D eigenvalue weighted by Gasteiger charge is 2.37. The van der Waals surface area contributed by atoms with Crippen LogP contribution in [0.25, 0.3) is 10.8 Å². The third-order valence-electron chi connectivity index (χ3n) is 6.20. The Bertz CT molecular complexity index is 1220. The Morgan fingerprint density at radius 2 is 1.69 bits per heavy atom. The molecule has 0 aromatic heterocycles. The number of carboxylic acid groups (broad SMARTS) is 1. The van der Waals surface area contributed by atoms with E-state index < -0.39 is 5.97 Å². The molecule has 1 aliphatic rings. The average molecular weight is 476 g/mol. The number of carboxylic acids is 1. The molecule has 0 radical (unpaired) electrons. The molecular weight excluding hydrogens is 442 g/mol. The summed E-state index contributed by atoms with van der Waals surface area (Å²) < 4.78 is 12.6. The number of amides is 1. The zero-order valence-electron chi connectivity index (χ0n) is 20.7. The lowest BCUT2D eigenvalue weighted by molar-refractivity contribution is -0.136. The molecular formula is C29H33NO5. The molecule has 1 heterocycles. The van der Waals surface area contributed by atoms with Gasteiger partial charge in [-0.15, -0.1) is 0 Å². The Morgan fingerprint density at radius 3 is 2.31 bits per heavy atom. The van der Waals surface area contributed by atoms with Crippen LogP contribution < -0.4 is 14.4 Å². The van der Waals surface area contributed by atoms with Crippen LogP contribution in [0.4, 0.5) is 5.69 Å². The lowest BCUT2D eigenvalue weighted by Crippen LogP contribution is -2.23. The van der Waals surface area contributed by atoms with Crippen molar-refractivity contribution in [3.05, 3.63) is 65.2 Å². The molecule has 35 heavy (non-hydrogen) atoms. The van der Waals surface area contributed by atoms with E-state index in [1.165, 1.54) is 0 Å². The third-order valence-corrected chi connectivity index (χ3v) is 6.20.